The highest BCUT2D eigenvalue weighted by Gasteiger charge is 2.44. The summed E-state index contributed by atoms with van der Waals surface area (Å²) >= 11 is 0. The summed E-state index contributed by atoms with van der Waals surface area (Å²) in [5, 5.41) is 0. The molecule has 0 heterocycles. The molecule has 0 saturated heterocycles. The zero-order valence-electron chi connectivity index (χ0n) is 26.5. The van der Waals surface area contributed by atoms with Gasteiger partial charge in [-0.15, -0.1) is 0 Å². The molecule has 0 spiro atoms. The van der Waals surface area contributed by atoms with Crippen LogP contribution in [0, 0.1) is 58.2 Å². The van der Waals surface area contributed by atoms with Crippen LogP contribution in [0.25, 0.3) is 0 Å². The minimum Gasteiger partial charge on any atom is -0.0602 e. The van der Waals surface area contributed by atoms with E-state index in [0.29, 0.717) is 10.8 Å². The van der Waals surface area contributed by atoms with Crippen molar-refractivity contribution in [2.45, 2.75) is 176 Å². The first-order chi connectivity index (χ1) is 17.6. The van der Waals surface area contributed by atoms with Crippen molar-refractivity contribution in [3.8, 4) is 0 Å². The predicted octanol–water partition coefficient (Wildman–Crippen LogP) is 12.3. The highest BCUT2D eigenvalue weighted by Crippen LogP contribution is 2.54. The summed E-state index contributed by atoms with van der Waals surface area (Å²) < 4.78 is 0. The molecule has 4 aliphatic rings. The number of rotatable bonds is 10. The van der Waals surface area contributed by atoms with E-state index < -0.39 is 0 Å². The van der Waals surface area contributed by atoms with Crippen LogP contribution in [-0.2, 0) is 0 Å². The third-order valence-electron chi connectivity index (χ3n) is 11.9. The van der Waals surface area contributed by atoms with Gasteiger partial charge in [-0.3, -0.25) is 0 Å². The summed E-state index contributed by atoms with van der Waals surface area (Å²) in [5.74, 6) is 8.48. The molecule has 5 atom stereocenters. The molecule has 4 rings (SSSR count). The van der Waals surface area contributed by atoms with Gasteiger partial charge in [0.2, 0.25) is 0 Å². The van der Waals surface area contributed by atoms with Gasteiger partial charge in [0, 0.05) is 0 Å². The zero-order valence-corrected chi connectivity index (χ0v) is 26.5. The van der Waals surface area contributed by atoms with E-state index in [9.17, 15) is 0 Å². The molecule has 0 heteroatoms. The molecule has 4 saturated carbocycles. The van der Waals surface area contributed by atoms with Crippen molar-refractivity contribution in [1.29, 1.82) is 0 Å². The largest absolute Gasteiger partial charge is 0.0602 e. The average Bonchev–Trinajstić information content (AvgIpc) is 3.50. The van der Waals surface area contributed by atoms with E-state index >= 15 is 0 Å². The Bertz CT molecular complexity index is 608. The Morgan fingerprint density at radius 1 is 0.486 bits per heavy atom. The van der Waals surface area contributed by atoms with Crippen molar-refractivity contribution in [2.24, 2.45) is 58.2 Å². The maximum atomic E-state index is 2.47. The minimum atomic E-state index is 0.496. The molecule has 0 bridgehead atoms. The molecule has 37 heavy (non-hydrogen) atoms. The number of hydrogen-bond donors (Lipinski definition) is 0. The van der Waals surface area contributed by atoms with E-state index in [1.54, 1.807) is 77.0 Å². The van der Waals surface area contributed by atoms with Crippen molar-refractivity contribution in [3.05, 3.63) is 0 Å². The van der Waals surface area contributed by atoms with Gasteiger partial charge in [-0.05, 0) is 129 Å². The van der Waals surface area contributed by atoms with Gasteiger partial charge in [0.05, 0.1) is 0 Å². The highest BCUT2D eigenvalue weighted by molar-refractivity contribution is 4.94. The molecule has 0 N–H and O–H groups in total. The molecule has 0 aromatic rings. The smallest absolute Gasteiger partial charge is 0.0352 e. The van der Waals surface area contributed by atoms with Crippen LogP contribution < -0.4 is 0 Å². The van der Waals surface area contributed by atoms with Gasteiger partial charge in [-0.1, -0.05) is 106 Å². The monoisotopic (exact) mass is 513 g/mol. The lowest BCUT2D eigenvalue weighted by Gasteiger charge is -2.42. The molecule has 0 aliphatic heterocycles. The summed E-state index contributed by atoms with van der Waals surface area (Å²) in [6.07, 6.45) is 32.4. The maximum Gasteiger partial charge on any atom is -0.0352 e. The summed E-state index contributed by atoms with van der Waals surface area (Å²) in [6.45, 7) is 14.8. The van der Waals surface area contributed by atoms with Gasteiger partial charge in [0.1, 0.15) is 0 Å². The van der Waals surface area contributed by atoms with Gasteiger partial charge in [0.25, 0.3) is 0 Å². The lowest BCUT2D eigenvalue weighted by atomic mass is 9.63. The molecular weight excluding hydrogens is 444 g/mol. The molecular formula is C37H68. The van der Waals surface area contributed by atoms with Crippen LogP contribution in [0.15, 0.2) is 0 Å². The van der Waals surface area contributed by atoms with Gasteiger partial charge in [-0.2, -0.15) is 0 Å². The Labute approximate surface area is 234 Å². The molecule has 4 aliphatic carbocycles. The predicted molar refractivity (Wildman–Crippen MR) is 164 cm³/mol. The van der Waals surface area contributed by atoms with E-state index in [1.807, 2.05) is 0 Å². The Kier molecular flexibility index (Phi) is 11.0. The fourth-order valence-corrected chi connectivity index (χ4v) is 9.76. The second-order valence-electron chi connectivity index (χ2n) is 17.5. The van der Waals surface area contributed by atoms with E-state index in [4.69, 9.17) is 0 Å². The van der Waals surface area contributed by atoms with Crippen LogP contribution >= 0.6 is 0 Å². The zero-order chi connectivity index (χ0) is 26.5. The summed E-state index contributed by atoms with van der Waals surface area (Å²) in [5.41, 5.74) is 0.993. The summed E-state index contributed by atoms with van der Waals surface area (Å²) in [7, 11) is 0. The van der Waals surface area contributed by atoms with Crippen molar-refractivity contribution < 1.29 is 0 Å². The van der Waals surface area contributed by atoms with Crippen molar-refractivity contribution in [3.63, 3.8) is 0 Å². The van der Waals surface area contributed by atoms with Gasteiger partial charge >= 0.3 is 0 Å². The Morgan fingerprint density at radius 2 is 1.03 bits per heavy atom. The van der Waals surface area contributed by atoms with Crippen molar-refractivity contribution >= 4 is 0 Å². The molecule has 216 valence electrons. The molecule has 5 unspecified atom stereocenters. The van der Waals surface area contributed by atoms with Crippen molar-refractivity contribution in [1.82, 2.24) is 0 Å². The van der Waals surface area contributed by atoms with Crippen molar-refractivity contribution in [2.75, 3.05) is 0 Å². The lowest BCUT2D eigenvalue weighted by molar-refractivity contribution is 0.0830. The van der Waals surface area contributed by atoms with Gasteiger partial charge < -0.3 is 0 Å². The summed E-state index contributed by atoms with van der Waals surface area (Å²) in [6, 6.07) is 0. The fraction of sp³-hybridized carbons (Fsp3) is 1.00. The second kappa shape index (κ2) is 13.6. The Balaban J connectivity index is 1.43. The number of hydrogen-bond acceptors (Lipinski definition) is 0. The molecule has 4 fully saturated rings. The fourth-order valence-electron chi connectivity index (χ4n) is 9.76. The molecule has 0 nitrogen and oxygen atoms in total. The van der Waals surface area contributed by atoms with Crippen LogP contribution in [0.5, 0.6) is 0 Å². The van der Waals surface area contributed by atoms with E-state index in [0.717, 1.165) is 47.3 Å². The molecule has 0 radical (unpaired) electrons. The van der Waals surface area contributed by atoms with E-state index in [1.165, 1.54) is 57.8 Å². The maximum absolute atomic E-state index is 2.47. The topological polar surface area (TPSA) is 0 Å². The molecule has 0 amide bonds. The Hall–Kier alpha value is 0. The van der Waals surface area contributed by atoms with Gasteiger partial charge in [-0.25, -0.2) is 0 Å². The third-order valence-corrected chi connectivity index (χ3v) is 11.9. The Morgan fingerprint density at radius 3 is 1.59 bits per heavy atom. The molecule has 0 aromatic heterocycles. The minimum absolute atomic E-state index is 0.496. The van der Waals surface area contributed by atoms with Crippen LogP contribution in [-0.4, -0.2) is 0 Å². The quantitative estimate of drug-likeness (QED) is 0.273. The standard InChI is InChI=1S/C37H68/c1-36(2,3)22-20-30-24-31(21-23-37(4,5)6)26-33(25-30)34-19-18-32(17-16-28-12-8-7-9-13-28)35(34)27-29-14-10-11-15-29/h28-35H,7-27H2,1-6H3. The van der Waals surface area contributed by atoms with Crippen LogP contribution in [0.1, 0.15) is 176 Å². The second-order valence-corrected chi connectivity index (χ2v) is 17.5. The first-order valence-electron chi connectivity index (χ1n) is 17.6. The van der Waals surface area contributed by atoms with E-state index in [-0.39, 0.29) is 0 Å². The van der Waals surface area contributed by atoms with Crippen LogP contribution in [0.4, 0.5) is 0 Å². The summed E-state index contributed by atoms with van der Waals surface area (Å²) in [4.78, 5) is 0. The lowest BCUT2D eigenvalue weighted by Crippen LogP contribution is -2.32. The first-order valence-corrected chi connectivity index (χ1v) is 17.6. The van der Waals surface area contributed by atoms with Gasteiger partial charge in [0.15, 0.2) is 0 Å². The third kappa shape index (κ3) is 9.85. The highest BCUT2D eigenvalue weighted by atomic mass is 14.5. The van der Waals surface area contributed by atoms with Crippen LogP contribution in [0.3, 0.4) is 0 Å². The van der Waals surface area contributed by atoms with Crippen LogP contribution in [0.2, 0.25) is 0 Å². The SMILES string of the molecule is CC(C)(C)CCC1CC(CCC(C)(C)C)CC(C2CCC(CCC3CCCCC3)C2CC2CCCC2)C1. The first kappa shape index (κ1) is 30.0. The molecule has 0 aromatic carbocycles. The van der Waals surface area contributed by atoms with E-state index in [2.05, 4.69) is 41.5 Å². The average molecular weight is 513 g/mol. The normalized spacial score (nSPS) is 34.9.